The smallest absolute Gasteiger partial charge is 0.321 e. The average Bonchev–Trinajstić information content (AvgIpc) is 3.36. The van der Waals surface area contributed by atoms with Gasteiger partial charge in [-0.2, -0.15) is 0 Å². The topological polar surface area (TPSA) is 63.1 Å². The Labute approximate surface area is 161 Å². The molecule has 0 unspecified atom stereocenters. The predicted octanol–water partition coefficient (Wildman–Crippen LogP) is 4.71. The van der Waals surface area contributed by atoms with Crippen molar-refractivity contribution in [3.63, 3.8) is 0 Å². The lowest BCUT2D eigenvalue weighted by Gasteiger charge is -2.25. The number of hydrogen-bond acceptors (Lipinski definition) is 4. The highest BCUT2D eigenvalue weighted by Gasteiger charge is 2.18. The summed E-state index contributed by atoms with van der Waals surface area (Å²) in [4.78, 5) is 22.6. The molecule has 0 radical (unpaired) electrons. The fourth-order valence-electron chi connectivity index (χ4n) is 2.94. The van der Waals surface area contributed by atoms with E-state index in [1.807, 2.05) is 61.1 Å². The van der Waals surface area contributed by atoms with Crippen LogP contribution >= 0.6 is 11.3 Å². The highest BCUT2D eigenvalue weighted by molar-refractivity contribution is 7.13. The van der Waals surface area contributed by atoms with E-state index in [1.165, 1.54) is 11.3 Å². The molecule has 7 heteroatoms. The van der Waals surface area contributed by atoms with Gasteiger partial charge in [-0.15, -0.1) is 11.3 Å². The van der Waals surface area contributed by atoms with Crippen LogP contribution in [0.3, 0.4) is 0 Å². The van der Waals surface area contributed by atoms with E-state index in [2.05, 4.69) is 25.9 Å². The predicted molar refractivity (Wildman–Crippen MR) is 108 cm³/mol. The highest BCUT2D eigenvalue weighted by Crippen LogP contribution is 2.23. The zero-order valence-electron chi connectivity index (χ0n) is 15.0. The first kappa shape index (κ1) is 17.2. The fraction of sp³-hybridized carbons (Fsp3) is 0.150. The van der Waals surface area contributed by atoms with Gasteiger partial charge in [0.15, 0.2) is 5.13 Å². The van der Waals surface area contributed by atoms with Gasteiger partial charge < -0.3 is 4.90 Å². The fourth-order valence-corrected chi connectivity index (χ4v) is 3.46. The molecule has 4 rings (SSSR count). The molecular weight excluding hydrogens is 358 g/mol. The number of hydrogen-bond donors (Lipinski definition) is 1. The Morgan fingerprint density at radius 2 is 1.93 bits per heavy atom. The normalized spacial score (nSPS) is 12.1. The second kappa shape index (κ2) is 7.20. The van der Waals surface area contributed by atoms with Gasteiger partial charge >= 0.3 is 6.03 Å². The summed E-state index contributed by atoms with van der Waals surface area (Å²) in [6, 6.07) is 16.0. The number of urea groups is 1. The van der Waals surface area contributed by atoms with E-state index < -0.39 is 0 Å². The number of rotatable bonds is 4. The van der Waals surface area contributed by atoms with Gasteiger partial charge in [0.05, 0.1) is 17.1 Å². The van der Waals surface area contributed by atoms with Gasteiger partial charge in [0.25, 0.3) is 0 Å². The minimum Gasteiger partial charge on any atom is -0.321 e. The lowest BCUT2D eigenvalue weighted by Crippen LogP contribution is -2.33. The molecule has 1 atom stereocenters. The molecule has 0 aliphatic rings. The second-order valence-electron chi connectivity index (χ2n) is 6.25. The van der Waals surface area contributed by atoms with Crippen LogP contribution in [0.4, 0.5) is 9.93 Å². The first-order valence-electron chi connectivity index (χ1n) is 8.59. The Bertz CT molecular complexity index is 1060. The number of aromatic nitrogens is 3. The maximum Gasteiger partial charge on any atom is 0.323 e. The van der Waals surface area contributed by atoms with E-state index in [9.17, 15) is 4.79 Å². The molecule has 1 N–H and O–H groups in total. The van der Waals surface area contributed by atoms with Crippen molar-refractivity contribution in [1.29, 1.82) is 0 Å². The third-order valence-electron chi connectivity index (χ3n) is 4.65. The monoisotopic (exact) mass is 377 g/mol. The van der Waals surface area contributed by atoms with E-state index in [-0.39, 0.29) is 12.1 Å². The molecule has 6 nitrogen and oxygen atoms in total. The molecule has 0 aliphatic carbocycles. The SMILES string of the molecule is C[C@@H](c1ccc(-n2cnc3ccccc32)cc1)N(C)C(=O)Nc1nccs1. The average molecular weight is 377 g/mol. The molecule has 4 aromatic rings. The van der Waals surface area contributed by atoms with Crippen LogP contribution in [0.15, 0.2) is 66.4 Å². The number of anilines is 1. The summed E-state index contributed by atoms with van der Waals surface area (Å²) in [6.45, 7) is 2.00. The van der Waals surface area contributed by atoms with Gasteiger partial charge in [0.2, 0.25) is 0 Å². The molecule has 27 heavy (non-hydrogen) atoms. The Morgan fingerprint density at radius 3 is 2.67 bits per heavy atom. The summed E-state index contributed by atoms with van der Waals surface area (Å²) in [5.41, 5.74) is 4.13. The Kier molecular flexibility index (Phi) is 4.60. The molecule has 0 saturated heterocycles. The van der Waals surface area contributed by atoms with E-state index in [0.29, 0.717) is 5.13 Å². The second-order valence-corrected chi connectivity index (χ2v) is 7.14. The van der Waals surface area contributed by atoms with Crippen LogP contribution in [0.1, 0.15) is 18.5 Å². The molecule has 0 saturated carbocycles. The van der Waals surface area contributed by atoms with Crippen LogP contribution in [0, 0.1) is 0 Å². The molecule has 2 aromatic carbocycles. The van der Waals surface area contributed by atoms with Crippen molar-refractivity contribution in [2.45, 2.75) is 13.0 Å². The molecule has 2 aromatic heterocycles. The van der Waals surface area contributed by atoms with Crippen molar-refractivity contribution in [1.82, 2.24) is 19.4 Å². The van der Waals surface area contributed by atoms with Gasteiger partial charge in [0, 0.05) is 24.3 Å². The zero-order valence-corrected chi connectivity index (χ0v) is 15.9. The van der Waals surface area contributed by atoms with Crippen molar-refractivity contribution < 1.29 is 4.79 Å². The largest absolute Gasteiger partial charge is 0.323 e. The molecular formula is C20H19N5OS. The van der Waals surface area contributed by atoms with Crippen LogP contribution in [0.5, 0.6) is 0 Å². The third kappa shape index (κ3) is 3.41. The summed E-state index contributed by atoms with van der Waals surface area (Å²) in [5, 5.41) is 5.24. The van der Waals surface area contributed by atoms with Crippen molar-refractivity contribution in [2.75, 3.05) is 12.4 Å². The molecule has 0 fully saturated rings. The summed E-state index contributed by atoms with van der Waals surface area (Å²) in [5.74, 6) is 0. The Balaban J connectivity index is 1.52. The standard InChI is InChI=1S/C20H19N5OS/c1-14(24(2)20(26)23-19-21-11-12-27-19)15-7-9-16(10-8-15)25-13-22-17-5-3-4-6-18(17)25/h3-14H,1-2H3,(H,21,23,26)/t14-/m0/s1. The Hall–Kier alpha value is -3.19. The lowest BCUT2D eigenvalue weighted by atomic mass is 10.1. The first-order chi connectivity index (χ1) is 13.1. The van der Waals surface area contributed by atoms with Crippen molar-refractivity contribution >= 4 is 33.5 Å². The number of nitrogens with one attached hydrogen (secondary N) is 1. The number of nitrogens with zero attached hydrogens (tertiary/aromatic N) is 4. The van der Waals surface area contributed by atoms with Crippen molar-refractivity contribution in [2.24, 2.45) is 0 Å². The number of carbonyl (C=O) groups excluding carboxylic acids is 1. The number of para-hydroxylation sites is 2. The summed E-state index contributed by atoms with van der Waals surface area (Å²) < 4.78 is 2.06. The molecule has 0 spiro atoms. The maximum atomic E-state index is 12.4. The number of thiazole rings is 1. The van der Waals surface area contributed by atoms with Crippen LogP contribution in [0.2, 0.25) is 0 Å². The first-order valence-corrected chi connectivity index (χ1v) is 9.47. The van der Waals surface area contributed by atoms with Crippen LogP contribution in [-0.4, -0.2) is 32.5 Å². The van der Waals surface area contributed by atoms with Gasteiger partial charge in [-0.05, 0) is 36.8 Å². The van der Waals surface area contributed by atoms with E-state index in [1.54, 1.807) is 18.1 Å². The molecule has 2 amide bonds. The van der Waals surface area contributed by atoms with Crippen molar-refractivity contribution in [3.05, 3.63) is 72.0 Å². The van der Waals surface area contributed by atoms with Crippen molar-refractivity contribution in [3.8, 4) is 5.69 Å². The van der Waals surface area contributed by atoms with E-state index in [0.717, 1.165) is 22.3 Å². The van der Waals surface area contributed by atoms with Gasteiger partial charge in [0.1, 0.15) is 6.33 Å². The van der Waals surface area contributed by atoms with E-state index in [4.69, 9.17) is 0 Å². The Morgan fingerprint density at radius 1 is 1.15 bits per heavy atom. The number of carbonyl (C=O) groups is 1. The molecule has 136 valence electrons. The summed E-state index contributed by atoms with van der Waals surface area (Å²) in [7, 11) is 1.78. The van der Waals surface area contributed by atoms with E-state index >= 15 is 0 Å². The maximum absolute atomic E-state index is 12.4. The quantitative estimate of drug-likeness (QED) is 0.560. The minimum absolute atomic E-state index is 0.0708. The number of amides is 2. The minimum atomic E-state index is -0.179. The molecule has 2 heterocycles. The van der Waals surface area contributed by atoms with Crippen LogP contribution in [-0.2, 0) is 0 Å². The number of benzene rings is 2. The zero-order chi connectivity index (χ0) is 18.8. The molecule has 0 aliphatic heterocycles. The van der Waals surface area contributed by atoms with Crippen LogP contribution < -0.4 is 5.32 Å². The van der Waals surface area contributed by atoms with Gasteiger partial charge in [-0.3, -0.25) is 9.88 Å². The van der Waals surface area contributed by atoms with Gasteiger partial charge in [-0.1, -0.05) is 24.3 Å². The third-order valence-corrected chi connectivity index (χ3v) is 5.34. The van der Waals surface area contributed by atoms with Gasteiger partial charge in [-0.25, -0.2) is 14.8 Å². The lowest BCUT2D eigenvalue weighted by molar-refractivity contribution is 0.208. The van der Waals surface area contributed by atoms with Crippen LogP contribution in [0.25, 0.3) is 16.7 Å². The highest BCUT2D eigenvalue weighted by atomic mass is 32.1. The molecule has 0 bridgehead atoms. The number of fused-ring (bicyclic) bond motifs is 1. The summed E-state index contributed by atoms with van der Waals surface area (Å²) >= 11 is 1.40. The summed E-state index contributed by atoms with van der Waals surface area (Å²) in [6.07, 6.45) is 3.50. The number of imidazole rings is 1.